The Kier molecular flexibility index (Phi) is 3.62. The molecule has 0 aliphatic carbocycles. The fourth-order valence-corrected chi connectivity index (χ4v) is 0.136. The standard InChI is InChI=1S/C5H6O/c1-2-3-4-5-6/h2-4H,1H3/b3-2-. The highest BCUT2D eigenvalue weighted by Crippen LogP contribution is 1.63. The van der Waals surface area contributed by atoms with Crippen LogP contribution in [0.2, 0.25) is 0 Å². The third kappa shape index (κ3) is 3.19. The van der Waals surface area contributed by atoms with Crippen molar-refractivity contribution in [2.45, 2.75) is 6.92 Å². The Morgan fingerprint density at radius 2 is 2.33 bits per heavy atom. The van der Waals surface area contributed by atoms with Crippen LogP contribution in [0.5, 0.6) is 0 Å². The van der Waals surface area contributed by atoms with Gasteiger partial charge in [0.1, 0.15) is 5.94 Å². The van der Waals surface area contributed by atoms with Crippen LogP contribution in [0.15, 0.2) is 18.2 Å². The van der Waals surface area contributed by atoms with Gasteiger partial charge < -0.3 is 0 Å². The summed E-state index contributed by atoms with van der Waals surface area (Å²) < 4.78 is 0. The first kappa shape index (κ1) is 5.19. The average molecular weight is 82.1 g/mol. The predicted octanol–water partition coefficient (Wildman–Crippen LogP) is 0.950. The lowest BCUT2D eigenvalue weighted by atomic mass is 10.5. The molecule has 1 heteroatoms. The van der Waals surface area contributed by atoms with Crippen molar-refractivity contribution in [2.24, 2.45) is 0 Å². The van der Waals surface area contributed by atoms with Crippen molar-refractivity contribution in [3.8, 4) is 0 Å². The second-order valence-electron chi connectivity index (χ2n) is 0.810. The summed E-state index contributed by atoms with van der Waals surface area (Å²) in [5.74, 6) is 1.61. The molecule has 0 unspecified atom stereocenters. The number of hydrogen-bond acceptors (Lipinski definition) is 1. The molecule has 0 fully saturated rings. The summed E-state index contributed by atoms with van der Waals surface area (Å²) in [6.07, 6.45) is 4.72. The number of carbonyl (C=O) groups excluding carboxylic acids is 1. The monoisotopic (exact) mass is 82.0 g/mol. The van der Waals surface area contributed by atoms with Crippen LogP contribution in [-0.2, 0) is 4.79 Å². The largest absolute Gasteiger partial charge is 0.234 e. The molecule has 0 radical (unpaired) electrons. The second kappa shape index (κ2) is 4.19. The second-order valence-corrected chi connectivity index (χ2v) is 0.810. The Morgan fingerprint density at radius 3 is 2.50 bits per heavy atom. The molecule has 0 heterocycles. The summed E-state index contributed by atoms with van der Waals surface area (Å²) >= 11 is 0. The Bertz CT molecular complexity index is 86.1. The van der Waals surface area contributed by atoms with E-state index in [9.17, 15) is 4.79 Å². The summed E-state index contributed by atoms with van der Waals surface area (Å²) in [5.41, 5.74) is 0. The maximum absolute atomic E-state index is 9.33. The zero-order valence-electron chi connectivity index (χ0n) is 3.64. The average Bonchev–Trinajstić information content (AvgIpc) is 1.61. The van der Waals surface area contributed by atoms with Crippen LogP contribution in [-0.4, -0.2) is 5.94 Å². The highest BCUT2D eigenvalue weighted by molar-refractivity contribution is 5.48. The molecule has 0 amide bonds. The molecule has 0 aromatic rings. The summed E-state index contributed by atoms with van der Waals surface area (Å²) in [4.78, 5) is 9.33. The first-order valence-electron chi connectivity index (χ1n) is 1.74. The van der Waals surface area contributed by atoms with Gasteiger partial charge in [-0.2, -0.15) is 0 Å². The Labute approximate surface area is 37.0 Å². The Hall–Kier alpha value is -0.810. The Balaban J connectivity index is 3.33. The lowest BCUT2D eigenvalue weighted by Crippen LogP contribution is -1.43. The lowest BCUT2D eigenvalue weighted by Gasteiger charge is -1.54. The van der Waals surface area contributed by atoms with Gasteiger partial charge in [-0.1, -0.05) is 12.2 Å². The lowest BCUT2D eigenvalue weighted by molar-refractivity contribution is 0.569. The van der Waals surface area contributed by atoms with Crippen LogP contribution in [0, 0.1) is 0 Å². The molecule has 0 spiro atoms. The molecule has 0 bridgehead atoms. The van der Waals surface area contributed by atoms with Gasteiger partial charge in [0.05, 0.1) is 0 Å². The minimum absolute atomic E-state index is 1.32. The fourth-order valence-electron chi connectivity index (χ4n) is 0.136. The third-order valence-electron chi connectivity index (χ3n) is 0.357. The van der Waals surface area contributed by atoms with Crippen LogP contribution in [0.3, 0.4) is 0 Å². The molecule has 0 atom stereocenters. The molecule has 0 aromatic heterocycles. The van der Waals surface area contributed by atoms with Gasteiger partial charge in [0.2, 0.25) is 0 Å². The molecule has 0 aromatic carbocycles. The van der Waals surface area contributed by atoms with E-state index in [1.807, 2.05) is 6.92 Å². The molecule has 0 rings (SSSR count). The summed E-state index contributed by atoms with van der Waals surface area (Å²) in [6, 6.07) is 0. The minimum atomic E-state index is 1.32. The van der Waals surface area contributed by atoms with Gasteiger partial charge in [-0.25, -0.2) is 4.79 Å². The highest BCUT2D eigenvalue weighted by atomic mass is 16.1. The number of hydrogen-bond donors (Lipinski definition) is 0. The SMILES string of the molecule is C/C=C\C=C=O. The van der Waals surface area contributed by atoms with Crippen LogP contribution >= 0.6 is 0 Å². The van der Waals surface area contributed by atoms with Gasteiger partial charge in [0.25, 0.3) is 0 Å². The molecule has 0 saturated heterocycles. The van der Waals surface area contributed by atoms with E-state index in [1.54, 1.807) is 18.1 Å². The van der Waals surface area contributed by atoms with Crippen LogP contribution in [0.4, 0.5) is 0 Å². The quantitative estimate of drug-likeness (QED) is 0.340. The summed E-state index contributed by atoms with van der Waals surface area (Å²) in [6.45, 7) is 1.84. The summed E-state index contributed by atoms with van der Waals surface area (Å²) in [7, 11) is 0. The molecule has 0 N–H and O–H groups in total. The van der Waals surface area contributed by atoms with Crippen molar-refractivity contribution in [1.29, 1.82) is 0 Å². The molecular weight excluding hydrogens is 76.1 g/mol. The minimum Gasteiger partial charge on any atom is -0.234 e. The first-order valence-corrected chi connectivity index (χ1v) is 1.74. The first-order chi connectivity index (χ1) is 2.91. The molecule has 32 valence electrons. The van der Waals surface area contributed by atoms with E-state index in [-0.39, 0.29) is 0 Å². The number of rotatable bonds is 1. The van der Waals surface area contributed by atoms with E-state index in [0.29, 0.717) is 0 Å². The van der Waals surface area contributed by atoms with E-state index >= 15 is 0 Å². The van der Waals surface area contributed by atoms with E-state index in [4.69, 9.17) is 0 Å². The van der Waals surface area contributed by atoms with Crippen molar-refractivity contribution < 1.29 is 4.79 Å². The van der Waals surface area contributed by atoms with Crippen molar-refractivity contribution in [3.05, 3.63) is 18.2 Å². The van der Waals surface area contributed by atoms with E-state index in [0.717, 1.165) is 0 Å². The smallest absolute Gasteiger partial charge is 0.124 e. The van der Waals surface area contributed by atoms with Crippen molar-refractivity contribution in [2.75, 3.05) is 0 Å². The van der Waals surface area contributed by atoms with Crippen LogP contribution < -0.4 is 0 Å². The molecule has 1 nitrogen and oxygen atoms in total. The maximum atomic E-state index is 9.33. The predicted molar refractivity (Wildman–Crippen MR) is 25.1 cm³/mol. The van der Waals surface area contributed by atoms with Crippen molar-refractivity contribution in [1.82, 2.24) is 0 Å². The van der Waals surface area contributed by atoms with Gasteiger partial charge in [-0.15, -0.1) is 0 Å². The van der Waals surface area contributed by atoms with E-state index in [2.05, 4.69) is 0 Å². The van der Waals surface area contributed by atoms with Gasteiger partial charge >= 0.3 is 0 Å². The normalized spacial score (nSPS) is 8.17. The van der Waals surface area contributed by atoms with Crippen LogP contribution in [0.1, 0.15) is 6.92 Å². The van der Waals surface area contributed by atoms with Gasteiger partial charge in [-0.05, 0) is 6.92 Å². The van der Waals surface area contributed by atoms with Crippen LogP contribution in [0.25, 0.3) is 0 Å². The molecule has 6 heavy (non-hydrogen) atoms. The topological polar surface area (TPSA) is 17.1 Å². The number of allylic oxidation sites excluding steroid dienone is 3. The van der Waals surface area contributed by atoms with Crippen molar-refractivity contribution in [3.63, 3.8) is 0 Å². The highest BCUT2D eigenvalue weighted by Gasteiger charge is 1.49. The zero-order chi connectivity index (χ0) is 4.83. The summed E-state index contributed by atoms with van der Waals surface area (Å²) in [5, 5.41) is 0. The Morgan fingerprint density at radius 1 is 1.67 bits per heavy atom. The fraction of sp³-hybridized carbons (Fsp3) is 0.200. The van der Waals surface area contributed by atoms with E-state index in [1.165, 1.54) is 6.08 Å². The molecule has 0 aliphatic heterocycles. The van der Waals surface area contributed by atoms with Gasteiger partial charge in [-0.3, -0.25) is 0 Å². The van der Waals surface area contributed by atoms with E-state index < -0.39 is 0 Å². The van der Waals surface area contributed by atoms with Gasteiger partial charge in [0, 0.05) is 6.08 Å². The zero-order valence-corrected chi connectivity index (χ0v) is 3.64. The maximum Gasteiger partial charge on any atom is 0.124 e. The van der Waals surface area contributed by atoms with Crippen molar-refractivity contribution >= 4 is 5.94 Å². The molecule has 0 saturated carbocycles. The third-order valence-corrected chi connectivity index (χ3v) is 0.357. The molecular formula is C5H6O. The molecule has 0 aliphatic rings. The van der Waals surface area contributed by atoms with Gasteiger partial charge in [0.15, 0.2) is 0 Å².